The number of hydrogen-bond donors (Lipinski definition) is 1. The SMILES string of the molecule is Cc1ccc(-c2cncn2CCNC(C)C)cc1. The second-order valence-electron chi connectivity index (χ2n) is 4.95. The minimum atomic E-state index is 0.524. The van der Waals surface area contributed by atoms with Crippen LogP contribution in [0.25, 0.3) is 11.3 Å². The second-order valence-corrected chi connectivity index (χ2v) is 4.95. The predicted octanol–water partition coefficient (Wildman–Crippen LogP) is 2.86. The number of hydrogen-bond acceptors (Lipinski definition) is 2. The third-order valence-electron chi connectivity index (χ3n) is 2.96. The van der Waals surface area contributed by atoms with Crippen LogP contribution in [0.4, 0.5) is 0 Å². The molecule has 0 saturated carbocycles. The maximum absolute atomic E-state index is 4.25. The molecule has 0 unspecified atom stereocenters. The molecule has 0 aliphatic heterocycles. The van der Waals surface area contributed by atoms with Gasteiger partial charge in [0.2, 0.25) is 0 Å². The van der Waals surface area contributed by atoms with Crippen LogP contribution >= 0.6 is 0 Å². The van der Waals surface area contributed by atoms with Gasteiger partial charge in [-0.25, -0.2) is 4.98 Å². The van der Waals surface area contributed by atoms with Crippen molar-refractivity contribution in [3.05, 3.63) is 42.4 Å². The largest absolute Gasteiger partial charge is 0.329 e. The van der Waals surface area contributed by atoms with Crippen LogP contribution in [0.3, 0.4) is 0 Å². The first-order valence-electron chi connectivity index (χ1n) is 6.47. The van der Waals surface area contributed by atoms with Gasteiger partial charge >= 0.3 is 0 Å². The molecule has 18 heavy (non-hydrogen) atoms. The molecular weight excluding hydrogens is 222 g/mol. The van der Waals surface area contributed by atoms with E-state index in [0.717, 1.165) is 13.1 Å². The lowest BCUT2D eigenvalue weighted by molar-refractivity contribution is 0.543. The van der Waals surface area contributed by atoms with E-state index in [0.29, 0.717) is 6.04 Å². The lowest BCUT2D eigenvalue weighted by Gasteiger charge is -2.11. The Bertz CT molecular complexity index is 483. The highest BCUT2D eigenvalue weighted by atomic mass is 15.1. The Balaban J connectivity index is 2.10. The first kappa shape index (κ1) is 12.8. The summed E-state index contributed by atoms with van der Waals surface area (Å²) in [6, 6.07) is 9.10. The van der Waals surface area contributed by atoms with Crippen molar-refractivity contribution in [2.24, 2.45) is 0 Å². The van der Waals surface area contributed by atoms with Crippen LogP contribution in [0.15, 0.2) is 36.8 Å². The van der Waals surface area contributed by atoms with Crippen LogP contribution in [0, 0.1) is 6.92 Å². The fourth-order valence-corrected chi connectivity index (χ4v) is 1.94. The second kappa shape index (κ2) is 5.83. The minimum absolute atomic E-state index is 0.524. The molecule has 0 spiro atoms. The molecule has 0 aliphatic rings. The van der Waals surface area contributed by atoms with Crippen LogP contribution in [-0.4, -0.2) is 22.1 Å². The molecule has 1 heterocycles. The van der Waals surface area contributed by atoms with Crippen LogP contribution in [0.2, 0.25) is 0 Å². The molecule has 0 bridgehead atoms. The van der Waals surface area contributed by atoms with Crippen LogP contribution < -0.4 is 5.32 Å². The van der Waals surface area contributed by atoms with Crippen molar-refractivity contribution in [1.29, 1.82) is 0 Å². The van der Waals surface area contributed by atoms with E-state index in [9.17, 15) is 0 Å². The third-order valence-corrected chi connectivity index (χ3v) is 2.96. The van der Waals surface area contributed by atoms with Crippen molar-refractivity contribution < 1.29 is 0 Å². The van der Waals surface area contributed by atoms with Gasteiger partial charge in [0.15, 0.2) is 0 Å². The average Bonchev–Trinajstić information content (AvgIpc) is 2.78. The summed E-state index contributed by atoms with van der Waals surface area (Å²) in [6.45, 7) is 8.34. The lowest BCUT2D eigenvalue weighted by Crippen LogP contribution is -2.26. The highest BCUT2D eigenvalue weighted by Crippen LogP contribution is 2.19. The van der Waals surface area contributed by atoms with E-state index >= 15 is 0 Å². The van der Waals surface area contributed by atoms with E-state index in [4.69, 9.17) is 0 Å². The van der Waals surface area contributed by atoms with Crippen molar-refractivity contribution >= 4 is 0 Å². The Morgan fingerprint density at radius 2 is 1.94 bits per heavy atom. The van der Waals surface area contributed by atoms with E-state index < -0.39 is 0 Å². The molecule has 0 radical (unpaired) electrons. The highest BCUT2D eigenvalue weighted by molar-refractivity contribution is 5.59. The number of aryl methyl sites for hydroxylation is 1. The molecule has 0 fully saturated rings. The lowest BCUT2D eigenvalue weighted by atomic mass is 10.1. The number of aromatic nitrogens is 2. The Hall–Kier alpha value is -1.61. The van der Waals surface area contributed by atoms with Gasteiger partial charge in [-0.2, -0.15) is 0 Å². The summed E-state index contributed by atoms with van der Waals surface area (Å²) in [7, 11) is 0. The summed E-state index contributed by atoms with van der Waals surface area (Å²) in [4.78, 5) is 4.25. The van der Waals surface area contributed by atoms with Crippen molar-refractivity contribution in [2.75, 3.05) is 6.54 Å². The molecule has 1 aromatic heterocycles. The smallest absolute Gasteiger partial charge is 0.0951 e. The molecule has 0 atom stereocenters. The van der Waals surface area contributed by atoms with Gasteiger partial charge in [-0.1, -0.05) is 43.7 Å². The standard InChI is InChI=1S/C15H21N3/c1-12(2)17-8-9-18-11-16-10-15(18)14-6-4-13(3)5-7-14/h4-7,10-12,17H,8-9H2,1-3H3. The van der Waals surface area contributed by atoms with Crippen molar-refractivity contribution in [1.82, 2.24) is 14.9 Å². The third kappa shape index (κ3) is 3.20. The van der Waals surface area contributed by atoms with Crippen LogP contribution in [0.1, 0.15) is 19.4 Å². The monoisotopic (exact) mass is 243 g/mol. The van der Waals surface area contributed by atoms with E-state index in [2.05, 4.69) is 59.9 Å². The molecule has 1 aromatic carbocycles. The summed E-state index contributed by atoms with van der Waals surface area (Å²) < 4.78 is 2.19. The molecule has 96 valence electrons. The Kier molecular flexibility index (Phi) is 4.15. The molecular formula is C15H21N3. The minimum Gasteiger partial charge on any atom is -0.329 e. The Morgan fingerprint density at radius 1 is 1.22 bits per heavy atom. The normalized spacial score (nSPS) is 11.1. The number of nitrogens with one attached hydrogen (secondary N) is 1. The molecule has 2 aromatic rings. The molecule has 2 rings (SSSR count). The van der Waals surface area contributed by atoms with Crippen molar-refractivity contribution in [3.8, 4) is 11.3 Å². The van der Waals surface area contributed by atoms with Crippen molar-refractivity contribution in [3.63, 3.8) is 0 Å². The predicted molar refractivity (Wildman–Crippen MR) is 75.5 cm³/mol. The number of benzene rings is 1. The zero-order valence-corrected chi connectivity index (χ0v) is 11.4. The van der Waals surface area contributed by atoms with Crippen LogP contribution in [0.5, 0.6) is 0 Å². The number of rotatable bonds is 5. The molecule has 3 nitrogen and oxygen atoms in total. The summed E-state index contributed by atoms with van der Waals surface area (Å²) >= 11 is 0. The van der Waals surface area contributed by atoms with Gasteiger partial charge in [0, 0.05) is 19.1 Å². The summed E-state index contributed by atoms with van der Waals surface area (Å²) in [6.07, 6.45) is 3.83. The van der Waals surface area contributed by atoms with Crippen LogP contribution in [-0.2, 0) is 6.54 Å². The van der Waals surface area contributed by atoms with E-state index in [1.54, 1.807) is 0 Å². The fraction of sp³-hybridized carbons (Fsp3) is 0.400. The fourth-order valence-electron chi connectivity index (χ4n) is 1.94. The maximum atomic E-state index is 4.25. The van der Waals surface area contributed by atoms with Gasteiger partial charge in [-0.3, -0.25) is 0 Å². The molecule has 0 saturated heterocycles. The Morgan fingerprint density at radius 3 is 2.61 bits per heavy atom. The Labute approximate surface area is 109 Å². The first-order valence-corrected chi connectivity index (χ1v) is 6.47. The zero-order chi connectivity index (χ0) is 13.0. The van der Waals surface area contributed by atoms with Gasteiger partial charge in [-0.15, -0.1) is 0 Å². The summed E-state index contributed by atoms with van der Waals surface area (Å²) in [5, 5.41) is 3.42. The quantitative estimate of drug-likeness (QED) is 0.875. The number of nitrogens with zero attached hydrogens (tertiary/aromatic N) is 2. The first-order chi connectivity index (χ1) is 8.66. The van der Waals surface area contributed by atoms with Crippen molar-refractivity contribution in [2.45, 2.75) is 33.4 Å². The average molecular weight is 243 g/mol. The maximum Gasteiger partial charge on any atom is 0.0951 e. The van der Waals surface area contributed by atoms with Gasteiger partial charge < -0.3 is 9.88 Å². The molecule has 0 amide bonds. The van der Waals surface area contributed by atoms with Gasteiger partial charge in [-0.05, 0) is 12.5 Å². The van der Waals surface area contributed by atoms with E-state index in [1.165, 1.54) is 16.8 Å². The zero-order valence-electron chi connectivity index (χ0n) is 11.4. The summed E-state index contributed by atoms with van der Waals surface area (Å²) in [5.74, 6) is 0. The van der Waals surface area contributed by atoms with Gasteiger partial charge in [0.05, 0.1) is 18.2 Å². The molecule has 0 aliphatic carbocycles. The van der Waals surface area contributed by atoms with Gasteiger partial charge in [0.25, 0.3) is 0 Å². The summed E-state index contributed by atoms with van der Waals surface area (Å²) in [5.41, 5.74) is 3.69. The van der Waals surface area contributed by atoms with Gasteiger partial charge in [0.1, 0.15) is 0 Å². The van der Waals surface area contributed by atoms with E-state index in [-0.39, 0.29) is 0 Å². The van der Waals surface area contributed by atoms with E-state index in [1.807, 2.05) is 12.5 Å². The highest BCUT2D eigenvalue weighted by Gasteiger charge is 2.04. The molecule has 1 N–H and O–H groups in total. The topological polar surface area (TPSA) is 29.9 Å². The molecule has 3 heteroatoms. The number of imidazole rings is 1.